The summed E-state index contributed by atoms with van der Waals surface area (Å²) < 4.78 is 0. The smallest absolute Gasteiger partial charge is 0.252 e. The molecule has 1 atom stereocenters. The van der Waals surface area contributed by atoms with E-state index in [1.54, 1.807) is 0 Å². The summed E-state index contributed by atoms with van der Waals surface area (Å²) in [5, 5.41) is 6.01. The van der Waals surface area contributed by atoms with E-state index in [1.165, 1.54) is 19.3 Å². The molecule has 1 amide bonds. The van der Waals surface area contributed by atoms with Gasteiger partial charge >= 0.3 is 0 Å². The molecule has 1 aliphatic heterocycles. The zero-order chi connectivity index (χ0) is 10.9. The maximum Gasteiger partial charge on any atom is 0.252 e. The number of amides is 1. The monoisotopic (exact) mass is 209 g/mol. The predicted molar refractivity (Wildman–Crippen MR) is 59.6 cm³/mol. The highest BCUT2D eigenvalue weighted by molar-refractivity contribution is 6.08. The molecule has 0 aromatic heterocycles. The van der Waals surface area contributed by atoms with Crippen molar-refractivity contribution >= 4 is 11.9 Å². The summed E-state index contributed by atoms with van der Waals surface area (Å²) in [5.41, 5.74) is -0.431. The number of carbonyl (C=O) groups is 1. The highest BCUT2D eigenvalue weighted by atomic mass is 16.2. The van der Waals surface area contributed by atoms with Gasteiger partial charge in [0.15, 0.2) is 5.96 Å². The second-order valence-corrected chi connectivity index (χ2v) is 4.74. The van der Waals surface area contributed by atoms with Crippen LogP contribution >= 0.6 is 0 Å². The van der Waals surface area contributed by atoms with Crippen LogP contribution in [0.25, 0.3) is 0 Å². The molecule has 2 N–H and O–H groups in total. The number of aliphatic imine (C=N–C) groups is 1. The normalized spacial score (nSPS) is 33.7. The number of hydrogen-bond donors (Lipinski definition) is 2. The highest BCUT2D eigenvalue weighted by Gasteiger charge is 2.42. The van der Waals surface area contributed by atoms with Crippen molar-refractivity contribution in [2.45, 2.75) is 45.1 Å². The number of nitrogens with one attached hydrogen (secondary N) is 2. The molecule has 0 aromatic carbocycles. The van der Waals surface area contributed by atoms with Crippen LogP contribution in [0, 0.1) is 5.92 Å². The van der Waals surface area contributed by atoms with Crippen molar-refractivity contribution in [3.63, 3.8) is 0 Å². The van der Waals surface area contributed by atoms with Crippen LogP contribution in [-0.2, 0) is 4.79 Å². The summed E-state index contributed by atoms with van der Waals surface area (Å²) in [4.78, 5) is 16.0. The van der Waals surface area contributed by atoms with Gasteiger partial charge in [0.2, 0.25) is 0 Å². The molecule has 2 rings (SSSR count). The van der Waals surface area contributed by atoms with Gasteiger partial charge < -0.3 is 5.32 Å². The van der Waals surface area contributed by atoms with Crippen molar-refractivity contribution in [3.8, 4) is 0 Å². The Morgan fingerprint density at radius 2 is 2.27 bits per heavy atom. The Balaban J connectivity index is 2.01. The average molecular weight is 209 g/mol. The van der Waals surface area contributed by atoms with Gasteiger partial charge in [-0.15, -0.1) is 0 Å². The minimum absolute atomic E-state index is 0.0709. The minimum Gasteiger partial charge on any atom is -0.342 e. The largest absolute Gasteiger partial charge is 0.342 e. The molecule has 1 saturated carbocycles. The van der Waals surface area contributed by atoms with Crippen molar-refractivity contribution in [3.05, 3.63) is 0 Å². The third kappa shape index (κ3) is 1.98. The van der Waals surface area contributed by atoms with Crippen LogP contribution in [0.5, 0.6) is 0 Å². The molecular formula is C11H19N3O. The fourth-order valence-corrected chi connectivity index (χ4v) is 2.25. The van der Waals surface area contributed by atoms with Gasteiger partial charge in [0.1, 0.15) is 5.54 Å². The van der Waals surface area contributed by atoms with Crippen LogP contribution in [0.3, 0.4) is 0 Å². The lowest BCUT2D eigenvalue weighted by Crippen LogP contribution is -2.46. The fourth-order valence-electron chi connectivity index (χ4n) is 2.25. The van der Waals surface area contributed by atoms with E-state index in [-0.39, 0.29) is 5.91 Å². The number of carbonyl (C=O) groups excluding carboxylic acids is 1. The van der Waals surface area contributed by atoms with E-state index in [0.717, 1.165) is 6.42 Å². The Labute approximate surface area is 90.5 Å². The van der Waals surface area contributed by atoms with Gasteiger partial charge in [-0.05, 0) is 26.2 Å². The Bertz CT molecular complexity index is 296. The summed E-state index contributed by atoms with van der Waals surface area (Å²) in [6, 6.07) is 0. The lowest BCUT2D eigenvalue weighted by molar-refractivity contribution is -0.124. The summed E-state index contributed by atoms with van der Waals surface area (Å²) in [6.45, 7) is 4.63. The minimum atomic E-state index is -0.431. The van der Waals surface area contributed by atoms with E-state index in [0.29, 0.717) is 18.4 Å². The molecule has 1 saturated heterocycles. The summed E-state index contributed by atoms with van der Waals surface area (Å²) >= 11 is 0. The van der Waals surface area contributed by atoms with E-state index in [4.69, 9.17) is 0 Å². The number of hydrogen-bond acceptors (Lipinski definition) is 2. The van der Waals surface area contributed by atoms with Gasteiger partial charge in [-0.1, -0.05) is 19.3 Å². The van der Waals surface area contributed by atoms with E-state index >= 15 is 0 Å². The molecule has 1 heterocycles. The van der Waals surface area contributed by atoms with Gasteiger partial charge in [-0.2, -0.15) is 0 Å². The van der Waals surface area contributed by atoms with Crippen LogP contribution in [0.15, 0.2) is 4.99 Å². The Kier molecular flexibility index (Phi) is 2.67. The molecule has 4 heteroatoms. The van der Waals surface area contributed by atoms with E-state index < -0.39 is 5.54 Å². The second-order valence-electron chi connectivity index (χ2n) is 4.74. The van der Waals surface area contributed by atoms with Crippen molar-refractivity contribution < 1.29 is 4.79 Å². The van der Waals surface area contributed by atoms with Crippen LogP contribution < -0.4 is 10.6 Å². The third-order valence-corrected chi connectivity index (χ3v) is 3.37. The zero-order valence-electron chi connectivity index (χ0n) is 9.47. The van der Waals surface area contributed by atoms with Gasteiger partial charge in [0.25, 0.3) is 5.91 Å². The number of rotatable bonds is 3. The van der Waals surface area contributed by atoms with Crippen LogP contribution in [0.4, 0.5) is 0 Å². The Hall–Kier alpha value is -1.06. The number of guanidine groups is 1. The molecule has 1 unspecified atom stereocenters. The zero-order valence-corrected chi connectivity index (χ0v) is 9.47. The predicted octanol–water partition coefficient (Wildman–Crippen LogP) is 1.03. The van der Waals surface area contributed by atoms with Crippen LogP contribution in [0.2, 0.25) is 0 Å². The third-order valence-electron chi connectivity index (χ3n) is 3.37. The molecule has 0 aromatic rings. The molecule has 0 spiro atoms. The fraction of sp³-hybridized carbons (Fsp3) is 0.818. The molecule has 1 aliphatic carbocycles. The van der Waals surface area contributed by atoms with Gasteiger partial charge in [0, 0.05) is 6.54 Å². The van der Waals surface area contributed by atoms with E-state index in [2.05, 4.69) is 15.6 Å². The Morgan fingerprint density at radius 1 is 1.53 bits per heavy atom. The maximum absolute atomic E-state index is 11.8. The first-order valence-corrected chi connectivity index (χ1v) is 5.78. The standard InChI is InChI=1S/C11H19N3O/c1-3-12-10-13-9(15)11(2,14-10)7-8-5-4-6-8/h8H,3-7H2,1-2H3,(H2,12,13,14,15). The van der Waals surface area contributed by atoms with Crippen molar-refractivity contribution in [2.24, 2.45) is 10.9 Å². The first-order valence-electron chi connectivity index (χ1n) is 5.78. The van der Waals surface area contributed by atoms with Crippen LogP contribution in [0.1, 0.15) is 39.5 Å². The molecular weight excluding hydrogens is 190 g/mol. The van der Waals surface area contributed by atoms with Crippen molar-refractivity contribution in [2.75, 3.05) is 6.54 Å². The molecule has 4 nitrogen and oxygen atoms in total. The van der Waals surface area contributed by atoms with Crippen molar-refractivity contribution in [1.82, 2.24) is 10.6 Å². The first kappa shape index (κ1) is 10.5. The average Bonchev–Trinajstić information content (AvgIpc) is 2.37. The van der Waals surface area contributed by atoms with Crippen LogP contribution in [-0.4, -0.2) is 24.0 Å². The van der Waals surface area contributed by atoms with Gasteiger partial charge in [-0.25, -0.2) is 0 Å². The lowest BCUT2D eigenvalue weighted by Gasteiger charge is -2.32. The highest BCUT2D eigenvalue weighted by Crippen LogP contribution is 2.34. The van der Waals surface area contributed by atoms with E-state index in [9.17, 15) is 4.79 Å². The molecule has 2 fully saturated rings. The van der Waals surface area contributed by atoms with Gasteiger partial charge in [-0.3, -0.25) is 15.1 Å². The molecule has 15 heavy (non-hydrogen) atoms. The quantitative estimate of drug-likeness (QED) is 0.729. The topological polar surface area (TPSA) is 53.5 Å². The maximum atomic E-state index is 11.8. The Morgan fingerprint density at radius 3 is 2.80 bits per heavy atom. The molecule has 0 bridgehead atoms. The van der Waals surface area contributed by atoms with Gasteiger partial charge in [0.05, 0.1) is 0 Å². The van der Waals surface area contributed by atoms with E-state index in [1.807, 2.05) is 13.8 Å². The summed E-state index contributed by atoms with van der Waals surface area (Å²) in [5.74, 6) is 1.43. The lowest BCUT2D eigenvalue weighted by atomic mass is 9.76. The summed E-state index contributed by atoms with van der Waals surface area (Å²) in [7, 11) is 0. The second kappa shape index (κ2) is 3.83. The first-order chi connectivity index (χ1) is 7.14. The molecule has 0 radical (unpaired) electrons. The van der Waals surface area contributed by atoms with Crippen molar-refractivity contribution in [1.29, 1.82) is 0 Å². The molecule has 2 aliphatic rings. The summed E-state index contributed by atoms with van der Waals surface area (Å²) in [6.07, 6.45) is 4.79. The molecule has 84 valence electrons. The SMILES string of the molecule is CCN=C1NC(=O)C(C)(CC2CCC2)N1. The number of nitrogens with zero attached hydrogens (tertiary/aromatic N) is 1.